The minimum atomic E-state index is 0. The molecule has 8 heavy (non-hydrogen) atoms. The normalized spacial score (nSPS) is 4.62. The van der Waals surface area contributed by atoms with E-state index in [-0.39, 0.29) is 34.7 Å². The average molecular weight is 177 g/mol. The fourth-order valence-corrected chi connectivity index (χ4v) is 0.204. The molecular formula is C5H15Cl2P. The van der Waals surface area contributed by atoms with Gasteiger partial charge in [0.05, 0.1) is 0 Å². The molecule has 0 aromatic rings. The summed E-state index contributed by atoms with van der Waals surface area (Å²) < 4.78 is 0. The largest absolute Gasteiger partial charge is 0.153 e. The summed E-state index contributed by atoms with van der Waals surface area (Å²) in [4.78, 5) is 0. The van der Waals surface area contributed by atoms with Gasteiger partial charge >= 0.3 is 0 Å². The maximum atomic E-state index is 3.55. The van der Waals surface area contributed by atoms with Crippen LogP contribution in [0.15, 0.2) is 12.7 Å². The van der Waals surface area contributed by atoms with Gasteiger partial charge in [0, 0.05) is 0 Å². The number of allylic oxidation sites excluding steroid dienone is 1. The summed E-state index contributed by atoms with van der Waals surface area (Å²) in [6, 6.07) is 0. The van der Waals surface area contributed by atoms with Crippen molar-refractivity contribution in [1.82, 2.24) is 0 Å². The van der Waals surface area contributed by atoms with Gasteiger partial charge in [0.2, 0.25) is 0 Å². The number of rotatable bonds is 2. The van der Waals surface area contributed by atoms with E-state index in [1.54, 1.807) is 0 Å². The van der Waals surface area contributed by atoms with E-state index in [1.807, 2.05) is 6.08 Å². The lowest BCUT2D eigenvalue weighted by Crippen LogP contribution is -1.52. The highest BCUT2D eigenvalue weighted by molar-refractivity contribution is 6.92. The molecular weight excluding hydrogens is 162 g/mol. The Kier molecular flexibility index (Phi) is 73.1. The maximum Gasteiger partial charge on any atom is -0.0356 e. The average Bonchev–Trinajstić information content (AvgIpc) is 1.41. The lowest BCUT2D eigenvalue weighted by Gasteiger charge is -1.72. The lowest BCUT2D eigenvalue weighted by atomic mass is 10.3. The molecule has 0 saturated heterocycles. The highest BCUT2D eigenvalue weighted by Crippen LogP contribution is 1.82. The molecule has 3 heteroatoms. The smallest absolute Gasteiger partial charge is 0.0356 e. The zero-order valence-electron chi connectivity index (χ0n) is 5.22. The molecule has 0 heterocycles. The first-order valence-electron chi connectivity index (χ1n) is 2.02. The summed E-state index contributed by atoms with van der Waals surface area (Å²) in [5.74, 6) is 0. The molecule has 54 valence electrons. The Morgan fingerprint density at radius 2 is 1.75 bits per heavy atom. The van der Waals surface area contributed by atoms with Crippen LogP contribution in [0.3, 0.4) is 0 Å². The van der Waals surface area contributed by atoms with Gasteiger partial charge in [-0.1, -0.05) is 19.4 Å². The van der Waals surface area contributed by atoms with Gasteiger partial charge < -0.3 is 0 Å². The fraction of sp³-hybridized carbons (Fsp3) is 0.600. The van der Waals surface area contributed by atoms with Gasteiger partial charge in [-0.2, -0.15) is 9.90 Å². The van der Waals surface area contributed by atoms with E-state index in [2.05, 4.69) is 13.5 Å². The first kappa shape index (κ1) is 23.3. The zero-order chi connectivity index (χ0) is 4.12. The van der Waals surface area contributed by atoms with E-state index in [0.717, 1.165) is 6.42 Å². The van der Waals surface area contributed by atoms with Crippen molar-refractivity contribution in [2.45, 2.75) is 19.8 Å². The quantitative estimate of drug-likeness (QED) is 0.449. The third-order valence-electron chi connectivity index (χ3n) is 0.493. The van der Waals surface area contributed by atoms with E-state index in [0.29, 0.717) is 0 Å². The van der Waals surface area contributed by atoms with Gasteiger partial charge in [0.25, 0.3) is 0 Å². The predicted molar refractivity (Wildman–Crippen MR) is 50.7 cm³/mol. The minimum absolute atomic E-state index is 0. The number of hydrogen-bond acceptors (Lipinski definition) is 0. The fourth-order valence-electron chi connectivity index (χ4n) is 0.204. The summed E-state index contributed by atoms with van der Waals surface area (Å²) in [6.45, 7) is 5.69. The van der Waals surface area contributed by atoms with E-state index in [1.165, 1.54) is 6.42 Å². The molecule has 0 aliphatic rings. The molecule has 0 N–H and O–H groups in total. The second-order valence-electron chi connectivity index (χ2n) is 1.08. The van der Waals surface area contributed by atoms with Crippen molar-refractivity contribution in [3.05, 3.63) is 12.7 Å². The van der Waals surface area contributed by atoms with Gasteiger partial charge in [-0.15, -0.1) is 31.4 Å². The standard InChI is InChI=1S/C5H10.2ClH.H3P/c1-3-5-4-2;;;/h3H,1,4-5H2,2H3;2*1H;1H3. The summed E-state index contributed by atoms with van der Waals surface area (Å²) >= 11 is 0. The highest BCUT2D eigenvalue weighted by Gasteiger charge is 1.61. The second kappa shape index (κ2) is 25.1. The molecule has 0 spiro atoms. The van der Waals surface area contributed by atoms with Crippen molar-refractivity contribution < 1.29 is 0 Å². The van der Waals surface area contributed by atoms with Crippen LogP contribution in [-0.2, 0) is 0 Å². The summed E-state index contributed by atoms with van der Waals surface area (Å²) in [7, 11) is 0. The van der Waals surface area contributed by atoms with Gasteiger partial charge in [-0.3, -0.25) is 0 Å². The van der Waals surface area contributed by atoms with Crippen LogP contribution in [0, 0.1) is 0 Å². The summed E-state index contributed by atoms with van der Waals surface area (Å²) in [6.07, 6.45) is 4.31. The van der Waals surface area contributed by atoms with Crippen LogP contribution in [0.4, 0.5) is 0 Å². The van der Waals surface area contributed by atoms with E-state index in [4.69, 9.17) is 0 Å². The van der Waals surface area contributed by atoms with Gasteiger partial charge in [0.15, 0.2) is 0 Å². The molecule has 0 aromatic heterocycles. The molecule has 1 unspecified atom stereocenters. The SMILES string of the molecule is C=CCCC.Cl.Cl.P. The van der Waals surface area contributed by atoms with Crippen LogP contribution < -0.4 is 0 Å². The summed E-state index contributed by atoms with van der Waals surface area (Å²) in [5, 5.41) is 0. The molecule has 0 radical (unpaired) electrons. The molecule has 0 aliphatic carbocycles. The Hall–Kier alpha value is 0.750. The van der Waals surface area contributed by atoms with Gasteiger partial charge in [0.1, 0.15) is 0 Å². The van der Waals surface area contributed by atoms with Crippen LogP contribution in [-0.4, -0.2) is 0 Å². The van der Waals surface area contributed by atoms with Crippen molar-refractivity contribution in [3.63, 3.8) is 0 Å². The molecule has 0 fully saturated rings. The Balaban J connectivity index is -0.0000000267. The van der Waals surface area contributed by atoms with E-state index < -0.39 is 0 Å². The van der Waals surface area contributed by atoms with Crippen LogP contribution in [0.5, 0.6) is 0 Å². The van der Waals surface area contributed by atoms with Crippen LogP contribution >= 0.6 is 34.7 Å². The Labute approximate surface area is 67.6 Å². The van der Waals surface area contributed by atoms with E-state index >= 15 is 0 Å². The van der Waals surface area contributed by atoms with Gasteiger partial charge in [-0.25, -0.2) is 0 Å². The monoisotopic (exact) mass is 176 g/mol. The molecule has 1 atom stereocenters. The number of unbranched alkanes of at least 4 members (excludes halogenated alkanes) is 1. The molecule has 0 bridgehead atoms. The highest BCUT2D eigenvalue weighted by atomic mass is 35.5. The van der Waals surface area contributed by atoms with Crippen molar-refractivity contribution >= 4 is 34.7 Å². The van der Waals surface area contributed by atoms with Crippen LogP contribution in [0.2, 0.25) is 0 Å². The van der Waals surface area contributed by atoms with Crippen molar-refractivity contribution in [1.29, 1.82) is 0 Å². The Bertz CT molecular complexity index is 31.6. The first-order chi connectivity index (χ1) is 2.41. The van der Waals surface area contributed by atoms with Crippen LogP contribution in [0.25, 0.3) is 0 Å². The summed E-state index contributed by atoms with van der Waals surface area (Å²) in [5.41, 5.74) is 0. The Morgan fingerprint density at radius 3 is 1.75 bits per heavy atom. The molecule has 0 saturated carbocycles. The van der Waals surface area contributed by atoms with Crippen molar-refractivity contribution in [2.75, 3.05) is 0 Å². The third kappa shape index (κ3) is 29.5. The second-order valence-corrected chi connectivity index (χ2v) is 1.08. The van der Waals surface area contributed by atoms with Crippen LogP contribution in [0.1, 0.15) is 19.8 Å². The Morgan fingerprint density at radius 1 is 1.38 bits per heavy atom. The number of halogens is 2. The lowest BCUT2D eigenvalue weighted by molar-refractivity contribution is 0.961. The minimum Gasteiger partial charge on any atom is -0.153 e. The molecule has 0 aromatic carbocycles. The van der Waals surface area contributed by atoms with Gasteiger partial charge in [-0.05, 0) is 6.42 Å². The number of hydrogen-bond donors (Lipinski definition) is 0. The van der Waals surface area contributed by atoms with Crippen molar-refractivity contribution in [3.8, 4) is 0 Å². The first-order valence-corrected chi connectivity index (χ1v) is 2.02. The third-order valence-corrected chi connectivity index (χ3v) is 0.493. The van der Waals surface area contributed by atoms with E-state index in [9.17, 15) is 0 Å². The maximum absolute atomic E-state index is 3.55. The van der Waals surface area contributed by atoms with Crippen molar-refractivity contribution in [2.24, 2.45) is 0 Å². The topological polar surface area (TPSA) is 0 Å². The molecule has 0 nitrogen and oxygen atoms in total. The molecule has 0 amide bonds. The zero-order valence-corrected chi connectivity index (χ0v) is 8.27. The predicted octanol–water partition coefficient (Wildman–Crippen LogP) is 2.87. The molecule has 0 rings (SSSR count). The molecule has 0 aliphatic heterocycles.